The van der Waals surface area contributed by atoms with Gasteiger partial charge in [0, 0.05) is 25.4 Å². The molecule has 7 nitrogen and oxygen atoms in total. The van der Waals surface area contributed by atoms with Gasteiger partial charge in [-0.25, -0.2) is 4.57 Å². The molecular formula is C35H63NO6P+. The molecule has 1 aromatic rings. The molecule has 3 aliphatic rings. The molecule has 0 radical (unpaired) electrons. The number of phosphoric ester groups is 1. The second-order valence-electron chi connectivity index (χ2n) is 13.5. The van der Waals surface area contributed by atoms with Gasteiger partial charge in [-0.05, 0) is 17.9 Å². The number of hydrogen-bond acceptors (Lipinski definition) is 5. The zero-order valence-electron chi connectivity index (χ0n) is 27.5. The molecule has 3 unspecified atom stereocenters. The Bertz CT molecular complexity index is 878. The summed E-state index contributed by atoms with van der Waals surface area (Å²) in [6.45, 7) is 7.32. The molecular weight excluding hydrogens is 561 g/mol. The number of unbranched alkanes of at least 4 members (excludes halogenated alkanes) is 13. The summed E-state index contributed by atoms with van der Waals surface area (Å²) in [6, 6.07) is 9.93. The summed E-state index contributed by atoms with van der Waals surface area (Å²) in [5, 5.41) is 0. The van der Waals surface area contributed by atoms with E-state index in [-0.39, 0.29) is 13.2 Å². The third-order valence-corrected chi connectivity index (χ3v) is 10.5. The van der Waals surface area contributed by atoms with E-state index >= 15 is 0 Å². The van der Waals surface area contributed by atoms with Crippen LogP contribution in [0.3, 0.4) is 0 Å². The molecule has 0 aromatic heterocycles. The van der Waals surface area contributed by atoms with Crippen molar-refractivity contribution in [3.05, 3.63) is 35.9 Å². The van der Waals surface area contributed by atoms with Crippen molar-refractivity contribution in [2.75, 3.05) is 53.1 Å². The molecule has 248 valence electrons. The van der Waals surface area contributed by atoms with E-state index in [1.807, 2.05) is 30.3 Å². The van der Waals surface area contributed by atoms with E-state index in [0.717, 1.165) is 23.0 Å². The fourth-order valence-electron chi connectivity index (χ4n) is 6.72. The highest BCUT2D eigenvalue weighted by Gasteiger charge is 2.44. The summed E-state index contributed by atoms with van der Waals surface area (Å²) in [4.78, 5) is 10.4. The van der Waals surface area contributed by atoms with Crippen LogP contribution in [-0.2, 0) is 29.7 Å². The molecule has 3 fully saturated rings. The summed E-state index contributed by atoms with van der Waals surface area (Å²) in [5.74, 6) is 0.903. The normalized spacial score (nSPS) is 23.8. The summed E-state index contributed by atoms with van der Waals surface area (Å²) in [6.07, 6.45) is 20.5. The number of piperidine rings is 3. The first-order valence-electron chi connectivity index (χ1n) is 17.6. The number of fused-ring (bicyclic) bond motifs is 3. The summed E-state index contributed by atoms with van der Waals surface area (Å²) < 4.78 is 36.7. The van der Waals surface area contributed by atoms with E-state index in [0.29, 0.717) is 31.7 Å². The second-order valence-corrected chi connectivity index (χ2v) is 15.0. The monoisotopic (exact) mass is 624 g/mol. The average molecular weight is 625 g/mol. The molecule has 0 spiro atoms. The number of ether oxygens (including phenoxy) is 2. The Labute approximate surface area is 263 Å². The van der Waals surface area contributed by atoms with Crippen LogP contribution in [0, 0.1) is 11.8 Å². The number of phosphoric acid groups is 1. The highest BCUT2D eigenvalue weighted by atomic mass is 31.2. The van der Waals surface area contributed by atoms with Gasteiger partial charge in [0.1, 0.15) is 6.10 Å². The van der Waals surface area contributed by atoms with Gasteiger partial charge in [0.15, 0.2) is 0 Å². The highest BCUT2D eigenvalue weighted by Crippen LogP contribution is 2.46. The first-order valence-corrected chi connectivity index (χ1v) is 19.1. The SMILES string of the molecule is CCCCCCCCCCCCCCCCOCC(COP(=O)(O)OCC1C[N+]2(C)CCC1CC2)OCc1ccccc1. The Kier molecular flexibility index (Phi) is 18.0. The topological polar surface area (TPSA) is 74.2 Å². The molecule has 3 atom stereocenters. The standard InChI is InChI=1S/C35H62NO6P/c1-3-4-5-6-7-8-9-10-11-12-13-14-15-19-26-39-30-35(40-28-32-20-17-16-18-21-32)31-42-43(37,38)41-29-34-27-36(2)24-22-33(34)23-25-36/h16-18,20-21,33-35H,3-15,19,22-31H2,1-2H3/p+1. The van der Waals surface area contributed by atoms with Gasteiger partial charge >= 0.3 is 7.82 Å². The lowest BCUT2D eigenvalue weighted by Crippen LogP contribution is -2.60. The maximum Gasteiger partial charge on any atom is 0.472 e. The zero-order chi connectivity index (χ0) is 30.6. The molecule has 3 aliphatic heterocycles. The lowest BCUT2D eigenvalue weighted by Gasteiger charge is -2.50. The van der Waals surface area contributed by atoms with Gasteiger partial charge < -0.3 is 18.9 Å². The molecule has 2 bridgehead atoms. The summed E-state index contributed by atoms with van der Waals surface area (Å²) >= 11 is 0. The van der Waals surface area contributed by atoms with Crippen LogP contribution in [0.15, 0.2) is 30.3 Å². The molecule has 1 N–H and O–H groups in total. The van der Waals surface area contributed by atoms with Crippen molar-refractivity contribution >= 4 is 7.82 Å². The van der Waals surface area contributed by atoms with Gasteiger partial charge in [0.05, 0.1) is 53.1 Å². The van der Waals surface area contributed by atoms with Crippen molar-refractivity contribution in [1.29, 1.82) is 0 Å². The predicted molar refractivity (Wildman–Crippen MR) is 175 cm³/mol. The van der Waals surface area contributed by atoms with Gasteiger partial charge in [-0.2, -0.15) is 0 Å². The Morgan fingerprint density at radius 3 is 2.00 bits per heavy atom. The number of hydrogen-bond donors (Lipinski definition) is 1. The minimum Gasteiger partial charge on any atom is -0.379 e. The highest BCUT2D eigenvalue weighted by molar-refractivity contribution is 7.47. The lowest BCUT2D eigenvalue weighted by molar-refractivity contribution is -0.929. The van der Waals surface area contributed by atoms with E-state index in [9.17, 15) is 9.46 Å². The number of benzene rings is 1. The number of quaternary nitrogens is 1. The molecule has 0 aliphatic carbocycles. The fraction of sp³-hybridized carbons (Fsp3) is 0.829. The van der Waals surface area contributed by atoms with Crippen LogP contribution in [0.2, 0.25) is 0 Å². The van der Waals surface area contributed by atoms with Crippen molar-refractivity contribution < 1.29 is 32.5 Å². The van der Waals surface area contributed by atoms with E-state index in [1.165, 1.54) is 109 Å². The summed E-state index contributed by atoms with van der Waals surface area (Å²) in [7, 11) is -1.89. The van der Waals surface area contributed by atoms with Crippen LogP contribution in [0.1, 0.15) is 115 Å². The predicted octanol–water partition coefficient (Wildman–Crippen LogP) is 8.69. The first kappa shape index (κ1) is 36.7. The summed E-state index contributed by atoms with van der Waals surface area (Å²) in [5.41, 5.74) is 1.04. The molecule has 0 amide bonds. The second kappa shape index (κ2) is 21.1. The van der Waals surface area contributed by atoms with Crippen molar-refractivity contribution in [2.24, 2.45) is 11.8 Å². The van der Waals surface area contributed by atoms with Gasteiger partial charge in [-0.15, -0.1) is 0 Å². The maximum atomic E-state index is 12.8. The van der Waals surface area contributed by atoms with E-state index in [4.69, 9.17) is 18.5 Å². The van der Waals surface area contributed by atoms with Crippen LogP contribution in [0.5, 0.6) is 0 Å². The average Bonchev–Trinajstić information content (AvgIpc) is 3.01. The molecule has 1 aromatic carbocycles. The molecule has 4 rings (SSSR count). The lowest BCUT2D eigenvalue weighted by atomic mass is 9.78. The van der Waals surface area contributed by atoms with Gasteiger partial charge in [-0.3, -0.25) is 9.05 Å². The van der Waals surface area contributed by atoms with Crippen LogP contribution < -0.4 is 0 Å². The van der Waals surface area contributed by atoms with Crippen molar-refractivity contribution in [2.45, 2.75) is 122 Å². The third-order valence-electron chi connectivity index (χ3n) is 9.57. The smallest absolute Gasteiger partial charge is 0.379 e. The quantitative estimate of drug-likeness (QED) is 0.0632. The Balaban J connectivity index is 1.26. The zero-order valence-corrected chi connectivity index (χ0v) is 28.4. The van der Waals surface area contributed by atoms with E-state index in [1.54, 1.807) is 0 Å². The molecule has 8 heteroatoms. The maximum absolute atomic E-state index is 12.8. The van der Waals surface area contributed by atoms with Crippen LogP contribution in [-0.4, -0.2) is 68.6 Å². The molecule has 3 heterocycles. The third kappa shape index (κ3) is 15.9. The molecule has 3 saturated heterocycles. The Morgan fingerprint density at radius 2 is 1.42 bits per heavy atom. The minimum atomic E-state index is -4.17. The number of nitrogens with zero attached hydrogens (tertiary/aromatic N) is 1. The van der Waals surface area contributed by atoms with Crippen LogP contribution in [0.4, 0.5) is 0 Å². The minimum absolute atomic E-state index is 0.0405. The molecule has 43 heavy (non-hydrogen) atoms. The largest absolute Gasteiger partial charge is 0.472 e. The van der Waals surface area contributed by atoms with Crippen molar-refractivity contribution in [3.8, 4) is 0 Å². The van der Waals surface area contributed by atoms with E-state index < -0.39 is 13.9 Å². The van der Waals surface area contributed by atoms with Gasteiger partial charge in [0.2, 0.25) is 0 Å². The molecule has 0 saturated carbocycles. The Morgan fingerprint density at radius 1 is 0.837 bits per heavy atom. The van der Waals surface area contributed by atoms with Crippen LogP contribution >= 0.6 is 7.82 Å². The fourth-order valence-corrected chi connectivity index (χ4v) is 7.53. The van der Waals surface area contributed by atoms with Crippen molar-refractivity contribution in [1.82, 2.24) is 0 Å². The van der Waals surface area contributed by atoms with Gasteiger partial charge in [0.25, 0.3) is 0 Å². The van der Waals surface area contributed by atoms with Gasteiger partial charge in [-0.1, -0.05) is 121 Å². The number of rotatable bonds is 26. The Hall–Kier alpha value is -0.790. The van der Waals surface area contributed by atoms with Crippen LogP contribution in [0.25, 0.3) is 0 Å². The van der Waals surface area contributed by atoms with E-state index in [2.05, 4.69) is 14.0 Å². The first-order chi connectivity index (χ1) is 20.9. The van der Waals surface area contributed by atoms with Crippen molar-refractivity contribution in [3.63, 3.8) is 0 Å².